The maximum absolute atomic E-state index is 11.3. The normalized spacial score (nSPS) is 10.5. The summed E-state index contributed by atoms with van der Waals surface area (Å²) < 4.78 is 5.95. The molecule has 2 heteroatoms. The van der Waals surface area contributed by atoms with Crippen LogP contribution in [0.3, 0.4) is 0 Å². The summed E-state index contributed by atoms with van der Waals surface area (Å²) in [4.78, 5) is 11.3. The van der Waals surface area contributed by atoms with Crippen LogP contribution in [0, 0.1) is 20.8 Å². The lowest BCUT2D eigenvalue weighted by Crippen LogP contribution is -1.92. The van der Waals surface area contributed by atoms with Gasteiger partial charge in [0.2, 0.25) is 0 Å². The van der Waals surface area contributed by atoms with Gasteiger partial charge in [-0.25, -0.2) is 0 Å². The van der Waals surface area contributed by atoms with Crippen molar-refractivity contribution in [3.63, 3.8) is 0 Å². The second-order valence-electron chi connectivity index (χ2n) is 6.16. The molecule has 24 heavy (non-hydrogen) atoms. The third-order valence-corrected chi connectivity index (χ3v) is 3.94. The van der Waals surface area contributed by atoms with Gasteiger partial charge in [-0.1, -0.05) is 53.1 Å². The van der Waals surface area contributed by atoms with Gasteiger partial charge in [0.25, 0.3) is 0 Å². The monoisotopic (exact) mass is 316 g/mol. The minimum absolute atomic E-state index is 0.545. The zero-order valence-electron chi connectivity index (χ0n) is 14.2. The summed E-state index contributed by atoms with van der Waals surface area (Å²) in [7, 11) is 0. The third-order valence-electron chi connectivity index (χ3n) is 3.94. The van der Waals surface area contributed by atoms with Gasteiger partial charge in [0.05, 0.1) is 5.56 Å². The number of aryl methyl sites for hydroxylation is 3. The Labute approximate surface area is 142 Å². The number of carbonyl (C=O) groups is 1. The molecule has 0 N–H and O–H groups in total. The van der Waals surface area contributed by atoms with E-state index in [0.717, 1.165) is 23.2 Å². The summed E-state index contributed by atoms with van der Waals surface area (Å²) in [5.41, 5.74) is 6.30. The van der Waals surface area contributed by atoms with Gasteiger partial charge in [-0.05, 0) is 56.2 Å². The Morgan fingerprint density at radius 2 is 1.38 bits per heavy atom. The van der Waals surface area contributed by atoms with Crippen molar-refractivity contribution in [2.45, 2.75) is 20.8 Å². The molecule has 2 nitrogen and oxygen atoms in total. The van der Waals surface area contributed by atoms with E-state index in [-0.39, 0.29) is 0 Å². The topological polar surface area (TPSA) is 26.3 Å². The van der Waals surface area contributed by atoms with E-state index in [1.54, 1.807) is 0 Å². The highest BCUT2D eigenvalue weighted by Crippen LogP contribution is 2.31. The molecular formula is C22H20O2. The maximum atomic E-state index is 11.3. The minimum atomic E-state index is 0.545. The van der Waals surface area contributed by atoms with Crippen molar-refractivity contribution in [1.82, 2.24) is 0 Å². The van der Waals surface area contributed by atoms with Crippen LogP contribution < -0.4 is 4.74 Å². The highest BCUT2D eigenvalue weighted by Gasteiger charge is 2.08. The van der Waals surface area contributed by atoms with Crippen molar-refractivity contribution in [3.8, 4) is 22.6 Å². The highest BCUT2D eigenvalue weighted by atomic mass is 16.5. The van der Waals surface area contributed by atoms with E-state index in [1.165, 1.54) is 16.7 Å². The molecule has 0 aliphatic carbocycles. The summed E-state index contributed by atoms with van der Waals surface area (Å²) in [6.45, 7) is 6.20. The summed E-state index contributed by atoms with van der Waals surface area (Å²) in [5, 5.41) is 0. The van der Waals surface area contributed by atoms with Crippen LogP contribution in [0.1, 0.15) is 27.0 Å². The molecule has 0 fully saturated rings. The molecule has 120 valence electrons. The Morgan fingerprint density at radius 3 is 2.00 bits per heavy atom. The van der Waals surface area contributed by atoms with Gasteiger partial charge >= 0.3 is 0 Å². The summed E-state index contributed by atoms with van der Waals surface area (Å²) in [6, 6.07) is 19.9. The first-order valence-corrected chi connectivity index (χ1v) is 7.97. The molecule has 0 aromatic heterocycles. The molecule has 0 amide bonds. The zero-order chi connectivity index (χ0) is 17.1. The quantitative estimate of drug-likeness (QED) is 0.561. The van der Waals surface area contributed by atoms with E-state index < -0.39 is 0 Å². The van der Waals surface area contributed by atoms with Crippen molar-refractivity contribution in [1.29, 1.82) is 0 Å². The Bertz CT molecular complexity index is 857. The average molecular weight is 316 g/mol. The second kappa shape index (κ2) is 6.71. The van der Waals surface area contributed by atoms with Gasteiger partial charge in [-0.3, -0.25) is 4.79 Å². The molecule has 3 rings (SSSR count). The van der Waals surface area contributed by atoms with Gasteiger partial charge in [0, 0.05) is 0 Å². The average Bonchev–Trinajstić information content (AvgIpc) is 2.56. The van der Waals surface area contributed by atoms with Gasteiger partial charge in [0.1, 0.15) is 11.5 Å². The van der Waals surface area contributed by atoms with E-state index in [4.69, 9.17) is 4.74 Å². The number of rotatable bonds is 4. The lowest BCUT2D eigenvalue weighted by molar-refractivity contribution is 0.112. The number of ether oxygens (including phenoxy) is 1. The molecule has 0 saturated carbocycles. The summed E-state index contributed by atoms with van der Waals surface area (Å²) >= 11 is 0. The van der Waals surface area contributed by atoms with Crippen molar-refractivity contribution < 1.29 is 9.53 Å². The van der Waals surface area contributed by atoms with Crippen LogP contribution in [0.2, 0.25) is 0 Å². The SMILES string of the molecule is Cc1ccc(Oc2cc(-c3cc(C)cc(C)c3)ccc2C=O)cc1. The standard InChI is InChI=1S/C22H20O2/c1-15-4-8-21(9-5-15)24-22-13-18(6-7-19(22)14-23)20-11-16(2)10-17(3)12-20/h4-14H,1-3H3. The van der Waals surface area contributed by atoms with Crippen LogP contribution in [-0.4, -0.2) is 6.29 Å². The molecule has 0 aliphatic rings. The fraction of sp³-hybridized carbons (Fsp3) is 0.136. The van der Waals surface area contributed by atoms with Crippen molar-refractivity contribution in [3.05, 3.63) is 82.9 Å². The van der Waals surface area contributed by atoms with E-state index in [2.05, 4.69) is 32.0 Å². The molecule has 0 unspecified atom stereocenters. The minimum Gasteiger partial charge on any atom is -0.457 e. The van der Waals surface area contributed by atoms with Gasteiger partial charge in [-0.2, -0.15) is 0 Å². The lowest BCUT2D eigenvalue weighted by atomic mass is 9.99. The number of hydrogen-bond acceptors (Lipinski definition) is 2. The third kappa shape index (κ3) is 3.54. The maximum Gasteiger partial charge on any atom is 0.153 e. The predicted octanol–water partition coefficient (Wildman–Crippen LogP) is 5.88. The summed E-state index contributed by atoms with van der Waals surface area (Å²) in [5.74, 6) is 1.30. The lowest BCUT2D eigenvalue weighted by Gasteiger charge is -2.11. The molecule has 0 saturated heterocycles. The molecule has 3 aromatic rings. The van der Waals surface area contributed by atoms with Crippen LogP contribution >= 0.6 is 0 Å². The van der Waals surface area contributed by atoms with Crippen molar-refractivity contribution in [2.75, 3.05) is 0 Å². The Hall–Kier alpha value is -2.87. The fourth-order valence-electron chi connectivity index (χ4n) is 2.77. The van der Waals surface area contributed by atoms with Crippen molar-refractivity contribution >= 4 is 6.29 Å². The molecule has 0 bridgehead atoms. The smallest absolute Gasteiger partial charge is 0.153 e. The van der Waals surface area contributed by atoms with Crippen LogP contribution in [0.25, 0.3) is 11.1 Å². The van der Waals surface area contributed by atoms with Crippen LogP contribution in [0.4, 0.5) is 0 Å². The predicted molar refractivity (Wildman–Crippen MR) is 98.0 cm³/mol. The zero-order valence-corrected chi connectivity index (χ0v) is 14.2. The molecule has 0 atom stereocenters. The summed E-state index contributed by atoms with van der Waals surface area (Å²) in [6.07, 6.45) is 0.828. The number of carbonyl (C=O) groups excluding carboxylic acids is 1. The first-order valence-electron chi connectivity index (χ1n) is 7.97. The first-order chi connectivity index (χ1) is 11.5. The number of aldehydes is 1. The van der Waals surface area contributed by atoms with E-state index >= 15 is 0 Å². The fourth-order valence-corrected chi connectivity index (χ4v) is 2.77. The van der Waals surface area contributed by atoms with Crippen LogP contribution in [-0.2, 0) is 0 Å². The molecule has 3 aromatic carbocycles. The molecular weight excluding hydrogens is 296 g/mol. The largest absolute Gasteiger partial charge is 0.457 e. The Balaban J connectivity index is 2.01. The van der Waals surface area contributed by atoms with E-state index in [0.29, 0.717) is 11.3 Å². The van der Waals surface area contributed by atoms with Crippen molar-refractivity contribution in [2.24, 2.45) is 0 Å². The number of benzene rings is 3. The van der Waals surface area contributed by atoms with Crippen LogP contribution in [0.5, 0.6) is 11.5 Å². The van der Waals surface area contributed by atoms with Crippen LogP contribution in [0.15, 0.2) is 60.7 Å². The first kappa shape index (κ1) is 16.0. The molecule has 0 radical (unpaired) electrons. The van der Waals surface area contributed by atoms with Gasteiger partial charge in [0.15, 0.2) is 6.29 Å². The molecule has 0 spiro atoms. The van der Waals surface area contributed by atoms with Gasteiger partial charge in [-0.15, -0.1) is 0 Å². The molecule has 0 heterocycles. The number of hydrogen-bond donors (Lipinski definition) is 0. The van der Waals surface area contributed by atoms with Gasteiger partial charge < -0.3 is 4.74 Å². The Morgan fingerprint density at radius 1 is 0.708 bits per heavy atom. The Kier molecular flexibility index (Phi) is 4.48. The second-order valence-corrected chi connectivity index (χ2v) is 6.16. The van der Waals surface area contributed by atoms with E-state index in [9.17, 15) is 4.79 Å². The molecule has 0 aliphatic heterocycles. The van der Waals surface area contributed by atoms with E-state index in [1.807, 2.05) is 49.4 Å². The highest BCUT2D eigenvalue weighted by molar-refractivity contribution is 5.82.